The minimum Gasteiger partial charge on any atom is -0.497 e. The molecule has 0 bridgehead atoms. The zero-order chi connectivity index (χ0) is 21.8. The van der Waals surface area contributed by atoms with Crippen molar-refractivity contribution in [3.05, 3.63) is 59.7 Å². The molecule has 0 N–H and O–H groups in total. The largest absolute Gasteiger partial charge is 0.497 e. The first kappa shape index (κ1) is 21.4. The van der Waals surface area contributed by atoms with Gasteiger partial charge in [-0.05, 0) is 50.5 Å². The van der Waals surface area contributed by atoms with E-state index in [0.717, 1.165) is 53.8 Å². The first-order valence-electron chi connectivity index (χ1n) is 10.7. The predicted molar refractivity (Wildman–Crippen MR) is 123 cm³/mol. The van der Waals surface area contributed by atoms with Gasteiger partial charge in [0.1, 0.15) is 5.75 Å². The molecule has 0 aliphatic carbocycles. The Morgan fingerprint density at radius 2 is 2.03 bits per heavy atom. The fourth-order valence-electron chi connectivity index (χ4n) is 4.15. The number of hydrogen-bond donors (Lipinski definition) is 0. The lowest BCUT2D eigenvalue weighted by molar-refractivity contribution is -0.129. The summed E-state index contributed by atoms with van der Waals surface area (Å²) in [6.07, 6.45) is 1.99. The number of amides is 1. The summed E-state index contributed by atoms with van der Waals surface area (Å²) in [5, 5.41) is 9.57. The number of nitrogens with zero attached hydrogens (tertiary/aromatic N) is 4. The number of hydrogen-bond acceptors (Lipinski definition) is 5. The van der Waals surface area contributed by atoms with Crippen LogP contribution < -0.4 is 4.74 Å². The third-order valence-corrected chi connectivity index (χ3v) is 6.64. The number of aryl methyl sites for hydroxylation is 1. The van der Waals surface area contributed by atoms with Crippen molar-refractivity contribution in [3.8, 4) is 17.1 Å². The number of ether oxygens (including phenoxy) is 1. The van der Waals surface area contributed by atoms with Gasteiger partial charge in [-0.25, -0.2) is 0 Å². The quantitative estimate of drug-likeness (QED) is 0.501. The van der Waals surface area contributed by atoms with Gasteiger partial charge >= 0.3 is 0 Å². The molecule has 1 saturated heterocycles. The molecule has 7 heteroatoms. The highest BCUT2D eigenvalue weighted by atomic mass is 32.2. The molecular weight excluding hydrogens is 408 g/mol. The van der Waals surface area contributed by atoms with Gasteiger partial charge in [0.25, 0.3) is 0 Å². The SMILES string of the molecule is CCn1c(SCC(=O)N2CCCC2c2cccc(OC)c2)nnc1-c1cccc(C)c1. The third-order valence-electron chi connectivity index (χ3n) is 5.69. The Kier molecular flexibility index (Phi) is 6.61. The summed E-state index contributed by atoms with van der Waals surface area (Å²) in [7, 11) is 1.67. The standard InChI is InChI=1S/C24H28N4O2S/c1-4-27-23(19-10-5-8-17(2)14-19)25-26-24(27)31-16-22(29)28-13-7-12-21(28)18-9-6-11-20(15-18)30-3/h5-6,8-11,14-15,21H,4,7,12-13,16H2,1-3H3. The van der Waals surface area contributed by atoms with E-state index in [2.05, 4.69) is 46.8 Å². The van der Waals surface area contributed by atoms with Crippen LogP contribution in [0.1, 0.15) is 36.9 Å². The normalized spacial score (nSPS) is 16.0. The Morgan fingerprint density at radius 1 is 1.19 bits per heavy atom. The topological polar surface area (TPSA) is 60.2 Å². The van der Waals surface area contributed by atoms with E-state index in [1.54, 1.807) is 7.11 Å². The van der Waals surface area contributed by atoms with Crippen LogP contribution in [0.2, 0.25) is 0 Å². The molecule has 4 rings (SSSR count). The molecule has 1 atom stereocenters. The maximum absolute atomic E-state index is 13.1. The Bertz CT molecular complexity index is 1070. The summed E-state index contributed by atoms with van der Waals surface area (Å²) in [5.41, 5.74) is 3.36. The van der Waals surface area contributed by atoms with Gasteiger partial charge in [0.05, 0.1) is 18.9 Å². The molecule has 162 valence electrons. The van der Waals surface area contributed by atoms with E-state index in [-0.39, 0.29) is 11.9 Å². The van der Waals surface area contributed by atoms with Crippen molar-refractivity contribution in [2.45, 2.75) is 44.4 Å². The number of carbonyl (C=O) groups excluding carboxylic acids is 1. The van der Waals surface area contributed by atoms with Crippen LogP contribution >= 0.6 is 11.8 Å². The molecule has 1 aliphatic rings. The minimum absolute atomic E-state index is 0.107. The molecule has 1 unspecified atom stereocenters. The molecule has 0 radical (unpaired) electrons. The fourth-order valence-corrected chi connectivity index (χ4v) is 5.04. The van der Waals surface area contributed by atoms with Crippen LogP contribution in [0.5, 0.6) is 5.75 Å². The number of benzene rings is 2. The second-order valence-electron chi connectivity index (χ2n) is 7.73. The van der Waals surface area contributed by atoms with Crippen molar-refractivity contribution in [2.75, 3.05) is 19.4 Å². The summed E-state index contributed by atoms with van der Waals surface area (Å²) in [6.45, 7) is 5.69. The molecule has 1 amide bonds. The molecule has 0 spiro atoms. The van der Waals surface area contributed by atoms with Crippen LogP contribution in [0.3, 0.4) is 0 Å². The zero-order valence-corrected chi connectivity index (χ0v) is 19.1. The van der Waals surface area contributed by atoms with E-state index >= 15 is 0 Å². The first-order chi connectivity index (χ1) is 15.1. The average molecular weight is 437 g/mol. The van der Waals surface area contributed by atoms with Crippen LogP contribution in [-0.4, -0.2) is 45.0 Å². The van der Waals surface area contributed by atoms with Crippen molar-refractivity contribution < 1.29 is 9.53 Å². The average Bonchev–Trinajstić information content (AvgIpc) is 3.44. The molecular formula is C24H28N4O2S. The van der Waals surface area contributed by atoms with Gasteiger partial charge in [-0.2, -0.15) is 0 Å². The van der Waals surface area contributed by atoms with Crippen LogP contribution in [-0.2, 0) is 11.3 Å². The van der Waals surface area contributed by atoms with Gasteiger partial charge in [-0.3, -0.25) is 4.79 Å². The number of thioether (sulfide) groups is 1. The molecule has 2 aromatic carbocycles. The van der Waals surface area contributed by atoms with E-state index in [0.29, 0.717) is 5.75 Å². The molecule has 6 nitrogen and oxygen atoms in total. The zero-order valence-electron chi connectivity index (χ0n) is 18.2. The van der Waals surface area contributed by atoms with Crippen LogP contribution in [0.15, 0.2) is 53.7 Å². The Morgan fingerprint density at radius 3 is 2.81 bits per heavy atom. The third kappa shape index (κ3) is 4.61. The van der Waals surface area contributed by atoms with Crippen molar-refractivity contribution in [2.24, 2.45) is 0 Å². The number of likely N-dealkylation sites (tertiary alicyclic amines) is 1. The number of carbonyl (C=O) groups is 1. The van der Waals surface area contributed by atoms with Crippen molar-refractivity contribution in [1.82, 2.24) is 19.7 Å². The fraction of sp³-hybridized carbons (Fsp3) is 0.375. The van der Waals surface area contributed by atoms with Gasteiger partial charge < -0.3 is 14.2 Å². The smallest absolute Gasteiger partial charge is 0.233 e. The summed E-state index contributed by atoms with van der Waals surface area (Å²) in [4.78, 5) is 15.1. The van der Waals surface area contributed by atoms with Crippen molar-refractivity contribution >= 4 is 17.7 Å². The molecule has 0 saturated carbocycles. The lowest BCUT2D eigenvalue weighted by atomic mass is 10.0. The van der Waals surface area contributed by atoms with E-state index in [1.165, 1.54) is 17.3 Å². The molecule has 3 aromatic rings. The Hall–Kier alpha value is -2.80. The number of rotatable bonds is 7. The van der Waals surface area contributed by atoms with Gasteiger partial charge in [0, 0.05) is 18.7 Å². The lowest BCUT2D eigenvalue weighted by Crippen LogP contribution is -2.32. The van der Waals surface area contributed by atoms with Crippen LogP contribution in [0.4, 0.5) is 0 Å². The van der Waals surface area contributed by atoms with Crippen molar-refractivity contribution in [3.63, 3.8) is 0 Å². The lowest BCUT2D eigenvalue weighted by Gasteiger charge is -2.25. The van der Waals surface area contributed by atoms with Crippen molar-refractivity contribution in [1.29, 1.82) is 0 Å². The number of aromatic nitrogens is 3. The molecule has 1 fully saturated rings. The van der Waals surface area contributed by atoms with E-state index < -0.39 is 0 Å². The summed E-state index contributed by atoms with van der Waals surface area (Å²) in [5.74, 6) is 2.16. The summed E-state index contributed by atoms with van der Waals surface area (Å²) < 4.78 is 7.44. The van der Waals surface area contributed by atoms with Gasteiger partial charge in [0.2, 0.25) is 5.91 Å². The van der Waals surface area contributed by atoms with Gasteiger partial charge in [-0.15, -0.1) is 10.2 Å². The Balaban J connectivity index is 1.47. The highest BCUT2D eigenvalue weighted by Crippen LogP contribution is 2.34. The highest BCUT2D eigenvalue weighted by molar-refractivity contribution is 7.99. The van der Waals surface area contributed by atoms with E-state index in [4.69, 9.17) is 4.74 Å². The second-order valence-corrected chi connectivity index (χ2v) is 8.67. The van der Waals surface area contributed by atoms with Crippen LogP contribution in [0, 0.1) is 6.92 Å². The van der Waals surface area contributed by atoms with Crippen LogP contribution in [0.25, 0.3) is 11.4 Å². The van der Waals surface area contributed by atoms with E-state index in [9.17, 15) is 4.79 Å². The monoisotopic (exact) mass is 436 g/mol. The highest BCUT2D eigenvalue weighted by Gasteiger charge is 2.30. The van der Waals surface area contributed by atoms with E-state index in [1.807, 2.05) is 35.2 Å². The second kappa shape index (κ2) is 9.56. The molecule has 31 heavy (non-hydrogen) atoms. The maximum atomic E-state index is 13.1. The summed E-state index contributed by atoms with van der Waals surface area (Å²) in [6, 6.07) is 16.4. The van der Waals surface area contributed by atoms with Gasteiger partial charge in [0.15, 0.2) is 11.0 Å². The first-order valence-corrected chi connectivity index (χ1v) is 11.7. The molecule has 1 aromatic heterocycles. The molecule has 1 aliphatic heterocycles. The number of methoxy groups -OCH3 is 1. The minimum atomic E-state index is 0.107. The van der Waals surface area contributed by atoms with Gasteiger partial charge in [-0.1, -0.05) is 47.7 Å². The predicted octanol–water partition coefficient (Wildman–Crippen LogP) is 4.74. The molecule has 2 heterocycles. The summed E-state index contributed by atoms with van der Waals surface area (Å²) >= 11 is 1.46. The Labute approximate surface area is 187 Å². The maximum Gasteiger partial charge on any atom is 0.233 e.